The zero-order valence-electron chi connectivity index (χ0n) is 15.1. The highest BCUT2D eigenvalue weighted by atomic mass is 16.5. The number of hydrogen-bond donors (Lipinski definition) is 0. The third-order valence-electron chi connectivity index (χ3n) is 7.83. The largest absolute Gasteiger partial charge is 0.372 e. The molecule has 2 unspecified atom stereocenters. The van der Waals surface area contributed by atoms with Gasteiger partial charge < -0.3 is 4.74 Å². The third-order valence-corrected chi connectivity index (χ3v) is 7.83. The first-order valence-electron chi connectivity index (χ1n) is 10.1. The zero-order chi connectivity index (χ0) is 15.4. The van der Waals surface area contributed by atoms with E-state index in [4.69, 9.17) is 4.74 Å². The van der Waals surface area contributed by atoms with Crippen LogP contribution >= 0.6 is 0 Å². The molecule has 0 heterocycles. The molecule has 0 aliphatic heterocycles. The lowest BCUT2D eigenvalue weighted by atomic mass is 9.49. The Morgan fingerprint density at radius 1 is 0.727 bits per heavy atom. The Labute approximate surface area is 137 Å². The molecule has 0 amide bonds. The molecule has 0 radical (unpaired) electrons. The number of hydrogen-bond acceptors (Lipinski definition) is 1. The summed E-state index contributed by atoms with van der Waals surface area (Å²) < 4.78 is 6.56. The van der Waals surface area contributed by atoms with Gasteiger partial charge >= 0.3 is 0 Å². The molecule has 126 valence electrons. The first kappa shape index (κ1) is 15.5. The van der Waals surface area contributed by atoms with Gasteiger partial charge in [-0.3, -0.25) is 0 Å². The summed E-state index contributed by atoms with van der Waals surface area (Å²) in [7, 11) is 0. The van der Waals surface area contributed by atoms with Crippen LogP contribution in [0.2, 0.25) is 0 Å². The molecule has 4 aliphatic rings. The number of rotatable bonds is 4. The minimum Gasteiger partial charge on any atom is -0.372 e. The maximum Gasteiger partial charge on any atom is 0.0615 e. The smallest absolute Gasteiger partial charge is 0.0615 e. The van der Waals surface area contributed by atoms with Crippen molar-refractivity contribution in [3.8, 4) is 0 Å². The predicted octanol–water partition coefficient (Wildman–Crippen LogP) is 6.11. The summed E-state index contributed by atoms with van der Waals surface area (Å²) in [6, 6.07) is 0. The fourth-order valence-corrected chi connectivity index (χ4v) is 6.87. The average molecular weight is 305 g/mol. The molecular formula is C21H36O. The van der Waals surface area contributed by atoms with Gasteiger partial charge in [0.15, 0.2) is 0 Å². The Hall–Kier alpha value is -0.0400. The van der Waals surface area contributed by atoms with Gasteiger partial charge in [-0.25, -0.2) is 0 Å². The molecule has 0 saturated heterocycles. The predicted molar refractivity (Wildman–Crippen MR) is 91.9 cm³/mol. The standard InChI is InChI=1S/C21H36O/c1-19(2,3)22-18-11-6-10-17(18)21(14-15-21)20(12-7-13-20)16-8-4-5-9-16/h16-18H,4-15H2,1-3H3. The maximum absolute atomic E-state index is 6.56. The lowest BCUT2D eigenvalue weighted by molar-refractivity contribution is -0.130. The Balaban J connectivity index is 1.57. The van der Waals surface area contributed by atoms with Crippen molar-refractivity contribution < 1.29 is 4.74 Å². The van der Waals surface area contributed by atoms with Crippen molar-refractivity contribution in [1.82, 2.24) is 0 Å². The van der Waals surface area contributed by atoms with Crippen LogP contribution in [0, 0.1) is 22.7 Å². The molecule has 4 aliphatic carbocycles. The van der Waals surface area contributed by atoms with Gasteiger partial charge in [-0.2, -0.15) is 0 Å². The van der Waals surface area contributed by atoms with Crippen LogP contribution in [0.1, 0.15) is 97.8 Å². The molecule has 4 fully saturated rings. The molecule has 2 atom stereocenters. The van der Waals surface area contributed by atoms with Crippen LogP contribution in [-0.2, 0) is 4.74 Å². The Bertz CT molecular complexity index is 404. The molecule has 22 heavy (non-hydrogen) atoms. The van der Waals surface area contributed by atoms with E-state index < -0.39 is 0 Å². The minimum absolute atomic E-state index is 0.0312. The lowest BCUT2D eigenvalue weighted by Crippen LogP contribution is -2.50. The van der Waals surface area contributed by atoms with Gasteiger partial charge in [-0.05, 0) is 94.8 Å². The van der Waals surface area contributed by atoms with E-state index in [1.165, 1.54) is 51.4 Å². The highest BCUT2D eigenvalue weighted by Crippen LogP contribution is 2.76. The first-order valence-corrected chi connectivity index (χ1v) is 10.1. The van der Waals surface area contributed by atoms with Crippen molar-refractivity contribution in [1.29, 1.82) is 0 Å². The SMILES string of the molecule is CC(C)(C)OC1CCCC1C1(C2(C3CCCC3)CCC2)CC1. The van der Waals surface area contributed by atoms with E-state index in [-0.39, 0.29) is 5.60 Å². The van der Waals surface area contributed by atoms with Gasteiger partial charge in [-0.1, -0.05) is 25.7 Å². The quantitative estimate of drug-likeness (QED) is 0.608. The molecule has 0 aromatic rings. The van der Waals surface area contributed by atoms with E-state index in [9.17, 15) is 0 Å². The van der Waals surface area contributed by atoms with Crippen molar-refractivity contribution >= 4 is 0 Å². The maximum atomic E-state index is 6.56. The van der Waals surface area contributed by atoms with Crippen LogP contribution in [0.5, 0.6) is 0 Å². The van der Waals surface area contributed by atoms with E-state index >= 15 is 0 Å². The van der Waals surface area contributed by atoms with Crippen molar-refractivity contribution in [2.45, 2.75) is 110 Å². The normalized spacial score (nSPS) is 37.2. The summed E-state index contributed by atoms with van der Waals surface area (Å²) in [6.45, 7) is 6.74. The molecule has 4 saturated carbocycles. The fourth-order valence-electron chi connectivity index (χ4n) is 6.87. The Kier molecular flexibility index (Phi) is 3.68. The van der Waals surface area contributed by atoms with E-state index in [0.717, 1.165) is 17.3 Å². The van der Waals surface area contributed by atoms with E-state index in [1.54, 1.807) is 25.7 Å². The number of ether oxygens (including phenoxy) is 1. The second-order valence-corrected chi connectivity index (χ2v) is 9.95. The van der Waals surface area contributed by atoms with Crippen LogP contribution in [0.3, 0.4) is 0 Å². The van der Waals surface area contributed by atoms with Gasteiger partial charge in [-0.15, -0.1) is 0 Å². The summed E-state index contributed by atoms with van der Waals surface area (Å²) in [4.78, 5) is 0. The van der Waals surface area contributed by atoms with Gasteiger partial charge in [0.05, 0.1) is 11.7 Å². The summed E-state index contributed by atoms with van der Waals surface area (Å²) in [5.41, 5.74) is 1.48. The van der Waals surface area contributed by atoms with Crippen LogP contribution in [0.15, 0.2) is 0 Å². The first-order chi connectivity index (χ1) is 10.5. The molecule has 0 spiro atoms. The van der Waals surface area contributed by atoms with Gasteiger partial charge in [0.1, 0.15) is 0 Å². The van der Waals surface area contributed by atoms with E-state index in [0.29, 0.717) is 11.5 Å². The molecule has 0 bridgehead atoms. The monoisotopic (exact) mass is 304 g/mol. The van der Waals surface area contributed by atoms with Gasteiger partial charge in [0.2, 0.25) is 0 Å². The third kappa shape index (κ3) is 2.29. The van der Waals surface area contributed by atoms with Crippen molar-refractivity contribution in [3.63, 3.8) is 0 Å². The summed E-state index contributed by atoms with van der Waals surface area (Å²) in [5, 5.41) is 0. The second-order valence-electron chi connectivity index (χ2n) is 9.95. The minimum atomic E-state index is 0.0312. The lowest BCUT2D eigenvalue weighted by Gasteiger charge is -2.56. The zero-order valence-corrected chi connectivity index (χ0v) is 15.1. The van der Waals surface area contributed by atoms with E-state index in [2.05, 4.69) is 20.8 Å². The van der Waals surface area contributed by atoms with Gasteiger partial charge in [0, 0.05) is 0 Å². The summed E-state index contributed by atoms with van der Waals surface area (Å²) >= 11 is 0. The van der Waals surface area contributed by atoms with Gasteiger partial charge in [0.25, 0.3) is 0 Å². The van der Waals surface area contributed by atoms with Crippen LogP contribution < -0.4 is 0 Å². The average Bonchev–Trinajstić information content (AvgIpc) is 2.84. The van der Waals surface area contributed by atoms with Crippen LogP contribution in [0.4, 0.5) is 0 Å². The second kappa shape index (κ2) is 5.23. The summed E-state index contributed by atoms with van der Waals surface area (Å²) in [5.74, 6) is 1.95. The molecule has 0 aromatic heterocycles. The van der Waals surface area contributed by atoms with Crippen LogP contribution in [0.25, 0.3) is 0 Å². The molecule has 4 rings (SSSR count). The van der Waals surface area contributed by atoms with E-state index in [1.807, 2.05) is 0 Å². The fraction of sp³-hybridized carbons (Fsp3) is 1.00. The summed E-state index contributed by atoms with van der Waals surface area (Å²) in [6.07, 6.45) is 18.5. The molecule has 1 nitrogen and oxygen atoms in total. The topological polar surface area (TPSA) is 9.23 Å². The highest BCUT2D eigenvalue weighted by molar-refractivity contribution is 5.17. The van der Waals surface area contributed by atoms with Crippen molar-refractivity contribution in [2.24, 2.45) is 22.7 Å². The van der Waals surface area contributed by atoms with Crippen molar-refractivity contribution in [3.05, 3.63) is 0 Å². The molecular weight excluding hydrogens is 268 g/mol. The molecule has 0 N–H and O–H groups in total. The van der Waals surface area contributed by atoms with Crippen molar-refractivity contribution in [2.75, 3.05) is 0 Å². The molecule has 0 aromatic carbocycles. The highest BCUT2D eigenvalue weighted by Gasteiger charge is 2.68. The molecule has 1 heteroatoms. The Morgan fingerprint density at radius 2 is 1.41 bits per heavy atom. The van der Waals surface area contributed by atoms with Crippen LogP contribution in [-0.4, -0.2) is 11.7 Å². The Morgan fingerprint density at radius 3 is 1.91 bits per heavy atom.